The van der Waals surface area contributed by atoms with Crippen LogP contribution in [0, 0.1) is 5.82 Å². The van der Waals surface area contributed by atoms with Crippen LogP contribution in [0.4, 0.5) is 4.39 Å². The first-order chi connectivity index (χ1) is 8.50. The number of phenols is 1. The predicted molar refractivity (Wildman–Crippen MR) is 70.2 cm³/mol. The van der Waals surface area contributed by atoms with Crippen LogP contribution < -0.4 is 5.32 Å². The summed E-state index contributed by atoms with van der Waals surface area (Å²) in [6.45, 7) is 7.38. The topological polar surface area (TPSA) is 41.5 Å². The third kappa shape index (κ3) is 5.02. The summed E-state index contributed by atoms with van der Waals surface area (Å²) in [6, 6.07) is 4.16. The molecule has 0 aromatic heterocycles. The number of hydrogen-bond acceptors (Lipinski definition) is 3. The number of aromatic hydroxyl groups is 1. The van der Waals surface area contributed by atoms with Crippen LogP contribution in [0.5, 0.6) is 5.75 Å². The Morgan fingerprint density at radius 1 is 1.33 bits per heavy atom. The lowest BCUT2D eigenvalue weighted by atomic mass is 10.1. The van der Waals surface area contributed by atoms with Crippen molar-refractivity contribution < 1.29 is 14.2 Å². The molecule has 0 bridgehead atoms. The Labute approximate surface area is 108 Å². The zero-order valence-corrected chi connectivity index (χ0v) is 11.2. The normalized spacial score (nSPS) is 12.9. The lowest BCUT2D eigenvalue weighted by Gasteiger charge is -2.15. The summed E-state index contributed by atoms with van der Waals surface area (Å²) in [5.74, 6) is -0.429. The Hall–Kier alpha value is -1.13. The largest absolute Gasteiger partial charge is 0.508 e. The molecule has 1 aromatic carbocycles. The number of ether oxygens (including phenoxy) is 1. The Balaban J connectivity index is 2.34. The van der Waals surface area contributed by atoms with Gasteiger partial charge in [-0.25, -0.2) is 4.39 Å². The highest BCUT2D eigenvalue weighted by Gasteiger charge is 2.10. The van der Waals surface area contributed by atoms with Gasteiger partial charge in [-0.2, -0.15) is 0 Å². The molecule has 0 saturated heterocycles. The maximum Gasteiger partial charge on any atom is 0.131 e. The van der Waals surface area contributed by atoms with Crippen LogP contribution in [0.2, 0.25) is 0 Å². The van der Waals surface area contributed by atoms with Crippen LogP contribution in [0.15, 0.2) is 18.2 Å². The number of phenolic OH excluding ortho intramolecular Hbond substituents is 1. The molecular formula is C14H22FNO2. The van der Waals surface area contributed by atoms with E-state index in [9.17, 15) is 4.39 Å². The predicted octanol–water partition coefficient (Wildman–Crippen LogP) is 3.00. The minimum atomic E-state index is -0.381. The summed E-state index contributed by atoms with van der Waals surface area (Å²) in [4.78, 5) is 0. The number of benzene rings is 1. The minimum absolute atomic E-state index is 0.0474. The molecule has 2 N–H and O–H groups in total. The molecule has 1 aromatic rings. The van der Waals surface area contributed by atoms with Crippen LogP contribution >= 0.6 is 0 Å². The summed E-state index contributed by atoms with van der Waals surface area (Å²) >= 11 is 0. The molecule has 0 amide bonds. The molecule has 1 unspecified atom stereocenters. The second-order valence-corrected chi connectivity index (χ2v) is 4.65. The second kappa shape index (κ2) is 7.34. The summed E-state index contributed by atoms with van der Waals surface area (Å²) in [5.41, 5.74) is 0.567. The van der Waals surface area contributed by atoms with E-state index in [-0.39, 0.29) is 23.7 Å². The minimum Gasteiger partial charge on any atom is -0.508 e. The van der Waals surface area contributed by atoms with E-state index in [1.54, 1.807) is 6.07 Å². The Morgan fingerprint density at radius 3 is 2.67 bits per heavy atom. The van der Waals surface area contributed by atoms with Gasteiger partial charge in [0.15, 0.2) is 0 Å². The molecule has 0 aliphatic carbocycles. The van der Waals surface area contributed by atoms with E-state index < -0.39 is 0 Å². The van der Waals surface area contributed by atoms with Crippen LogP contribution in [0.3, 0.4) is 0 Å². The monoisotopic (exact) mass is 255 g/mol. The van der Waals surface area contributed by atoms with Crippen LogP contribution in [0.25, 0.3) is 0 Å². The SMILES string of the molecule is CC(C)OCCCNC(C)c1ccc(O)cc1F. The first-order valence-electron chi connectivity index (χ1n) is 6.34. The van der Waals surface area contributed by atoms with E-state index in [1.807, 2.05) is 20.8 Å². The summed E-state index contributed by atoms with van der Waals surface area (Å²) in [5, 5.41) is 12.4. The maximum atomic E-state index is 13.6. The Kier molecular flexibility index (Phi) is 6.09. The second-order valence-electron chi connectivity index (χ2n) is 4.65. The van der Waals surface area contributed by atoms with E-state index in [2.05, 4.69) is 5.32 Å². The third-order valence-electron chi connectivity index (χ3n) is 2.67. The van der Waals surface area contributed by atoms with Gasteiger partial charge in [-0.3, -0.25) is 0 Å². The van der Waals surface area contributed by atoms with Crippen molar-refractivity contribution in [1.82, 2.24) is 5.32 Å². The van der Waals surface area contributed by atoms with Gasteiger partial charge in [-0.15, -0.1) is 0 Å². The van der Waals surface area contributed by atoms with Crippen LogP contribution in [0.1, 0.15) is 38.8 Å². The summed E-state index contributed by atoms with van der Waals surface area (Å²) in [6.07, 6.45) is 1.14. The van der Waals surface area contributed by atoms with Gasteiger partial charge < -0.3 is 15.2 Å². The van der Waals surface area contributed by atoms with Gasteiger partial charge in [0.25, 0.3) is 0 Å². The van der Waals surface area contributed by atoms with Crippen LogP contribution in [-0.4, -0.2) is 24.4 Å². The average molecular weight is 255 g/mol. The molecular weight excluding hydrogens is 233 g/mol. The number of hydrogen-bond donors (Lipinski definition) is 2. The van der Waals surface area contributed by atoms with Crippen molar-refractivity contribution in [3.63, 3.8) is 0 Å². The van der Waals surface area contributed by atoms with E-state index in [1.165, 1.54) is 6.07 Å². The Bertz CT molecular complexity index is 369. The van der Waals surface area contributed by atoms with Gasteiger partial charge in [0.2, 0.25) is 0 Å². The number of halogens is 1. The van der Waals surface area contributed by atoms with Crippen molar-refractivity contribution in [3.8, 4) is 5.75 Å². The zero-order valence-electron chi connectivity index (χ0n) is 11.2. The van der Waals surface area contributed by atoms with E-state index in [4.69, 9.17) is 9.84 Å². The first kappa shape index (κ1) is 14.9. The van der Waals surface area contributed by atoms with E-state index >= 15 is 0 Å². The van der Waals surface area contributed by atoms with Crippen molar-refractivity contribution in [1.29, 1.82) is 0 Å². The fourth-order valence-corrected chi connectivity index (χ4v) is 1.69. The van der Waals surface area contributed by atoms with Gasteiger partial charge in [0, 0.05) is 24.3 Å². The highest BCUT2D eigenvalue weighted by molar-refractivity contribution is 5.29. The fraction of sp³-hybridized carbons (Fsp3) is 0.571. The average Bonchev–Trinajstić information content (AvgIpc) is 2.27. The van der Waals surface area contributed by atoms with Crippen molar-refractivity contribution >= 4 is 0 Å². The van der Waals surface area contributed by atoms with Crippen molar-refractivity contribution in [2.45, 2.75) is 39.3 Å². The Morgan fingerprint density at radius 2 is 2.06 bits per heavy atom. The standard InChI is InChI=1S/C14H22FNO2/c1-10(2)18-8-4-7-16-11(3)13-6-5-12(17)9-14(13)15/h5-6,9-11,16-17H,4,7-8H2,1-3H3. The quantitative estimate of drug-likeness (QED) is 0.736. The molecule has 102 valence electrons. The lowest BCUT2D eigenvalue weighted by molar-refractivity contribution is 0.0767. The molecule has 18 heavy (non-hydrogen) atoms. The van der Waals surface area contributed by atoms with Gasteiger partial charge in [0.1, 0.15) is 11.6 Å². The molecule has 1 rings (SSSR count). The smallest absolute Gasteiger partial charge is 0.131 e. The summed E-state index contributed by atoms with van der Waals surface area (Å²) in [7, 11) is 0. The molecule has 3 nitrogen and oxygen atoms in total. The molecule has 0 fully saturated rings. The molecule has 0 aliphatic heterocycles. The molecule has 0 saturated carbocycles. The highest BCUT2D eigenvalue weighted by Crippen LogP contribution is 2.20. The number of rotatable bonds is 7. The molecule has 0 radical (unpaired) electrons. The maximum absolute atomic E-state index is 13.6. The molecule has 0 aliphatic rings. The van der Waals surface area contributed by atoms with Gasteiger partial charge in [0.05, 0.1) is 6.10 Å². The fourth-order valence-electron chi connectivity index (χ4n) is 1.69. The van der Waals surface area contributed by atoms with Crippen molar-refractivity contribution in [2.24, 2.45) is 0 Å². The van der Waals surface area contributed by atoms with Crippen molar-refractivity contribution in [2.75, 3.05) is 13.2 Å². The van der Waals surface area contributed by atoms with E-state index in [0.29, 0.717) is 12.2 Å². The first-order valence-corrected chi connectivity index (χ1v) is 6.34. The van der Waals surface area contributed by atoms with Gasteiger partial charge in [-0.1, -0.05) is 6.07 Å². The van der Waals surface area contributed by atoms with E-state index in [0.717, 1.165) is 19.0 Å². The molecule has 4 heteroatoms. The molecule has 0 spiro atoms. The van der Waals surface area contributed by atoms with Crippen LogP contribution in [-0.2, 0) is 4.74 Å². The molecule has 0 heterocycles. The zero-order chi connectivity index (χ0) is 13.5. The third-order valence-corrected chi connectivity index (χ3v) is 2.67. The van der Waals surface area contributed by atoms with Gasteiger partial charge >= 0.3 is 0 Å². The van der Waals surface area contributed by atoms with Crippen molar-refractivity contribution in [3.05, 3.63) is 29.6 Å². The van der Waals surface area contributed by atoms with Gasteiger partial charge in [-0.05, 0) is 39.8 Å². The summed E-state index contributed by atoms with van der Waals surface area (Å²) < 4.78 is 19.0. The molecule has 1 atom stereocenters. The number of nitrogens with one attached hydrogen (secondary N) is 1. The highest BCUT2D eigenvalue weighted by atomic mass is 19.1. The lowest BCUT2D eigenvalue weighted by Crippen LogP contribution is -2.22.